The molecule has 1 aliphatic heterocycles. The lowest BCUT2D eigenvalue weighted by atomic mass is 9.80. The molecule has 0 aliphatic carbocycles. The summed E-state index contributed by atoms with van der Waals surface area (Å²) in [5.74, 6) is 1.09. The van der Waals surface area contributed by atoms with Crippen molar-refractivity contribution >= 4 is 0 Å². The van der Waals surface area contributed by atoms with Crippen molar-refractivity contribution in [1.29, 1.82) is 0 Å². The van der Waals surface area contributed by atoms with Gasteiger partial charge >= 0.3 is 0 Å². The van der Waals surface area contributed by atoms with Gasteiger partial charge in [-0.1, -0.05) is 13.8 Å². The number of nitrogens with zero attached hydrogens (tertiary/aromatic N) is 1. The second-order valence-corrected chi connectivity index (χ2v) is 5.63. The average Bonchev–Trinajstić information content (AvgIpc) is 3.12. The van der Waals surface area contributed by atoms with E-state index >= 15 is 0 Å². The van der Waals surface area contributed by atoms with Crippen LogP contribution >= 0.6 is 0 Å². The van der Waals surface area contributed by atoms with Gasteiger partial charge in [0, 0.05) is 18.0 Å². The molecule has 0 saturated carbocycles. The Hall–Kier alpha value is -0.800. The first kappa shape index (κ1) is 14.6. The fraction of sp³-hybridized carbons (Fsp3) is 0.750. The third-order valence-electron chi connectivity index (χ3n) is 4.94. The van der Waals surface area contributed by atoms with Crippen LogP contribution in [0.1, 0.15) is 45.3 Å². The van der Waals surface area contributed by atoms with Crippen LogP contribution in [0.5, 0.6) is 0 Å². The van der Waals surface area contributed by atoms with Crippen molar-refractivity contribution in [3.63, 3.8) is 0 Å². The van der Waals surface area contributed by atoms with Crippen molar-refractivity contribution in [2.75, 3.05) is 20.1 Å². The minimum Gasteiger partial charge on any atom is -0.469 e. The minimum absolute atomic E-state index is 0.262. The standard InChI is InChI=1S/C16H28N2O/c1-4-16(5-2,18-10-6-7-11-18)15(17-3)13-14-9-8-12-19-14/h8-9,12,15,17H,4-7,10-11,13H2,1-3H3. The molecule has 1 atom stereocenters. The maximum absolute atomic E-state index is 5.55. The highest BCUT2D eigenvalue weighted by Gasteiger charge is 2.41. The lowest BCUT2D eigenvalue weighted by Crippen LogP contribution is -2.60. The number of rotatable bonds is 7. The predicted octanol–water partition coefficient (Wildman–Crippen LogP) is 3.06. The molecular formula is C16H28N2O. The van der Waals surface area contributed by atoms with Crippen LogP contribution in [-0.2, 0) is 6.42 Å². The molecule has 0 spiro atoms. The van der Waals surface area contributed by atoms with Crippen LogP contribution in [0.15, 0.2) is 22.8 Å². The summed E-state index contributed by atoms with van der Waals surface area (Å²) in [4.78, 5) is 2.71. The van der Waals surface area contributed by atoms with Crippen LogP contribution in [0.25, 0.3) is 0 Å². The van der Waals surface area contributed by atoms with E-state index in [-0.39, 0.29) is 5.54 Å². The molecule has 2 heterocycles. The van der Waals surface area contributed by atoms with Crippen LogP contribution in [0.4, 0.5) is 0 Å². The molecule has 1 N–H and O–H groups in total. The SMILES string of the molecule is CCC(CC)(C(Cc1ccco1)NC)N1CCCC1. The largest absolute Gasteiger partial charge is 0.469 e. The Labute approximate surface area is 117 Å². The van der Waals surface area contributed by atoms with E-state index < -0.39 is 0 Å². The highest BCUT2D eigenvalue weighted by atomic mass is 16.3. The summed E-state index contributed by atoms with van der Waals surface area (Å²) >= 11 is 0. The van der Waals surface area contributed by atoms with Crippen molar-refractivity contribution in [3.05, 3.63) is 24.2 Å². The number of likely N-dealkylation sites (N-methyl/N-ethyl adjacent to an activating group) is 1. The minimum atomic E-state index is 0.262. The van der Waals surface area contributed by atoms with Crippen molar-refractivity contribution in [2.45, 2.75) is 57.5 Å². The zero-order valence-electron chi connectivity index (χ0n) is 12.6. The van der Waals surface area contributed by atoms with E-state index in [0.29, 0.717) is 6.04 Å². The van der Waals surface area contributed by atoms with Gasteiger partial charge in [-0.3, -0.25) is 4.90 Å². The zero-order valence-corrected chi connectivity index (χ0v) is 12.6. The Morgan fingerprint density at radius 2 is 2.00 bits per heavy atom. The summed E-state index contributed by atoms with van der Waals surface area (Å²) in [6.45, 7) is 7.15. The first-order valence-corrected chi connectivity index (χ1v) is 7.71. The van der Waals surface area contributed by atoms with Gasteiger partial charge in [0.2, 0.25) is 0 Å². The summed E-state index contributed by atoms with van der Waals surface area (Å²) in [5.41, 5.74) is 0.262. The van der Waals surface area contributed by atoms with Gasteiger partial charge < -0.3 is 9.73 Å². The fourth-order valence-electron chi connectivity index (χ4n) is 3.76. The number of nitrogens with one attached hydrogen (secondary N) is 1. The molecule has 0 amide bonds. The molecular weight excluding hydrogens is 236 g/mol. The van der Waals surface area contributed by atoms with Crippen molar-refractivity contribution in [1.82, 2.24) is 10.2 Å². The summed E-state index contributed by atoms with van der Waals surface area (Å²) in [6, 6.07) is 4.52. The number of hydrogen-bond acceptors (Lipinski definition) is 3. The zero-order chi connectivity index (χ0) is 13.7. The van der Waals surface area contributed by atoms with E-state index in [1.165, 1.54) is 38.8 Å². The van der Waals surface area contributed by atoms with Crippen LogP contribution in [0.3, 0.4) is 0 Å². The third-order valence-corrected chi connectivity index (χ3v) is 4.94. The molecule has 1 unspecified atom stereocenters. The van der Waals surface area contributed by atoms with E-state index in [1.54, 1.807) is 6.26 Å². The normalized spacial score (nSPS) is 18.9. The molecule has 1 fully saturated rings. The van der Waals surface area contributed by atoms with Gasteiger partial charge in [0.25, 0.3) is 0 Å². The van der Waals surface area contributed by atoms with E-state index in [9.17, 15) is 0 Å². The van der Waals surface area contributed by atoms with E-state index in [0.717, 1.165) is 12.2 Å². The number of likely N-dealkylation sites (tertiary alicyclic amines) is 1. The molecule has 1 aliphatic rings. The quantitative estimate of drug-likeness (QED) is 0.820. The highest BCUT2D eigenvalue weighted by Crippen LogP contribution is 2.33. The summed E-state index contributed by atoms with van der Waals surface area (Å²) in [5, 5.41) is 3.56. The smallest absolute Gasteiger partial charge is 0.105 e. The Morgan fingerprint density at radius 1 is 1.32 bits per heavy atom. The van der Waals surface area contributed by atoms with Gasteiger partial charge in [-0.15, -0.1) is 0 Å². The second-order valence-electron chi connectivity index (χ2n) is 5.63. The Bertz CT molecular complexity index is 351. The molecule has 0 aromatic carbocycles. The monoisotopic (exact) mass is 264 g/mol. The fourth-order valence-corrected chi connectivity index (χ4v) is 3.76. The molecule has 1 aromatic heterocycles. The van der Waals surface area contributed by atoms with Crippen LogP contribution in [-0.4, -0.2) is 36.6 Å². The Balaban J connectivity index is 2.18. The number of hydrogen-bond donors (Lipinski definition) is 1. The van der Waals surface area contributed by atoms with Gasteiger partial charge in [0.15, 0.2) is 0 Å². The van der Waals surface area contributed by atoms with E-state index in [4.69, 9.17) is 4.42 Å². The summed E-state index contributed by atoms with van der Waals surface area (Å²) in [6.07, 6.45) is 7.82. The van der Waals surface area contributed by atoms with Gasteiger partial charge in [0.1, 0.15) is 5.76 Å². The van der Waals surface area contributed by atoms with Gasteiger partial charge in [-0.2, -0.15) is 0 Å². The molecule has 1 saturated heterocycles. The molecule has 19 heavy (non-hydrogen) atoms. The molecule has 0 radical (unpaired) electrons. The Kier molecular flexibility index (Phi) is 5.06. The van der Waals surface area contributed by atoms with Gasteiger partial charge in [-0.25, -0.2) is 0 Å². The van der Waals surface area contributed by atoms with Crippen molar-refractivity contribution in [3.8, 4) is 0 Å². The lowest BCUT2D eigenvalue weighted by Gasteiger charge is -2.46. The van der Waals surface area contributed by atoms with Crippen LogP contribution < -0.4 is 5.32 Å². The van der Waals surface area contributed by atoms with Crippen molar-refractivity contribution < 1.29 is 4.42 Å². The summed E-state index contributed by atoms with van der Waals surface area (Å²) in [7, 11) is 2.09. The Morgan fingerprint density at radius 3 is 2.47 bits per heavy atom. The van der Waals surface area contributed by atoms with Gasteiger partial charge in [-0.05, 0) is 58.0 Å². The summed E-state index contributed by atoms with van der Waals surface area (Å²) < 4.78 is 5.55. The van der Waals surface area contributed by atoms with Crippen molar-refractivity contribution in [2.24, 2.45) is 0 Å². The molecule has 1 aromatic rings. The maximum atomic E-state index is 5.55. The molecule has 3 nitrogen and oxygen atoms in total. The predicted molar refractivity (Wildman–Crippen MR) is 79.4 cm³/mol. The lowest BCUT2D eigenvalue weighted by molar-refractivity contribution is 0.0631. The first-order valence-electron chi connectivity index (χ1n) is 7.71. The molecule has 3 heteroatoms. The maximum Gasteiger partial charge on any atom is 0.105 e. The molecule has 0 bridgehead atoms. The third kappa shape index (κ3) is 2.87. The molecule has 108 valence electrons. The topological polar surface area (TPSA) is 28.4 Å². The van der Waals surface area contributed by atoms with Gasteiger partial charge in [0.05, 0.1) is 6.26 Å². The van der Waals surface area contributed by atoms with E-state index in [1.807, 2.05) is 6.07 Å². The van der Waals surface area contributed by atoms with E-state index in [2.05, 4.69) is 37.2 Å². The van der Waals surface area contributed by atoms with Crippen LogP contribution in [0.2, 0.25) is 0 Å². The molecule has 2 rings (SSSR count). The highest BCUT2D eigenvalue weighted by molar-refractivity contribution is 5.07. The van der Waals surface area contributed by atoms with Crippen LogP contribution in [0, 0.1) is 0 Å². The second kappa shape index (κ2) is 6.58. The number of furan rings is 1. The average molecular weight is 264 g/mol. The first-order chi connectivity index (χ1) is 9.26.